The molecule has 1 aromatic heterocycles. The molecule has 0 unspecified atom stereocenters. The van der Waals surface area contributed by atoms with Gasteiger partial charge < -0.3 is 15.2 Å². The Morgan fingerprint density at radius 3 is 2.88 bits per heavy atom. The number of halogens is 1. The average molecular weight is 245 g/mol. The zero-order valence-electron chi connectivity index (χ0n) is 9.53. The number of aliphatic hydroxyl groups is 1. The van der Waals surface area contributed by atoms with Crippen molar-refractivity contribution in [3.05, 3.63) is 22.8 Å². The molecule has 0 amide bonds. The number of nitrogens with one attached hydrogen (secondary N) is 1. The van der Waals surface area contributed by atoms with Crippen LogP contribution in [0, 0.1) is 0 Å². The lowest BCUT2D eigenvalue weighted by molar-refractivity contribution is 0.0870. The molecule has 0 aliphatic carbocycles. The van der Waals surface area contributed by atoms with E-state index in [-0.39, 0.29) is 12.7 Å². The van der Waals surface area contributed by atoms with E-state index < -0.39 is 0 Å². The van der Waals surface area contributed by atoms with Gasteiger partial charge in [-0.05, 0) is 25.5 Å². The van der Waals surface area contributed by atoms with Gasteiger partial charge in [0.15, 0.2) is 0 Å². The molecule has 4 nitrogen and oxygen atoms in total. The number of ether oxygens (including phenoxy) is 1. The van der Waals surface area contributed by atoms with Crippen LogP contribution in [-0.2, 0) is 11.3 Å². The van der Waals surface area contributed by atoms with Gasteiger partial charge in [-0.3, -0.25) is 0 Å². The van der Waals surface area contributed by atoms with Gasteiger partial charge in [0.2, 0.25) is 0 Å². The second-order valence-corrected chi connectivity index (χ2v) is 4.09. The van der Waals surface area contributed by atoms with E-state index in [1.54, 1.807) is 12.3 Å². The summed E-state index contributed by atoms with van der Waals surface area (Å²) in [5, 5.41) is 12.5. The van der Waals surface area contributed by atoms with Crippen LogP contribution in [-0.4, -0.2) is 29.3 Å². The fourth-order valence-corrected chi connectivity index (χ4v) is 1.41. The maximum atomic E-state index is 8.89. The molecule has 0 bridgehead atoms. The van der Waals surface area contributed by atoms with Crippen LogP contribution >= 0.6 is 11.6 Å². The molecule has 0 spiro atoms. The molecule has 16 heavy (non-hydrogen) atoms. The van der Waals surface area contributed by atoms with Crippen molar-refractivity contribution < 1.29 is 9.84 Å². The Kier molecular flexibility index (Phi) is 5.52. The summed E-state index contributed by atoms with van der Waals surface area (Å²) in [6.45, 7) is 5.19. The van der Waals surface area contributed by atoms with Gasteiger partial charge in [-0.25, -0.2) is 4.98 Å². The predicted octanol–water partition coefficient (Wildman–Crippen LogP) is 2.06. The highest BCUT2D eigenvalue weighted by atomic mass is 35.5. The number of aromatic nitrogens is 1. The average Bonchev–Trinajstić information content (AvgIpc) is 2.25. The summed E-state index contributed by atoms with van der Waals surface area (Å²) in [7, 11) is 0. The summed E-state index contributed by atoms with van der Waals surface area (Å²) in [6, 6.07) is 1.69. The first-order chi connectivity index (χ1) is 7.63. The van der Waals surface area contributed by atoms with E-state index >= 15 is 0 Å². The first-order valence-corrected chi connectivity index (χ1v) is 5.62. The normalized spacial score (nSPS) is 10.8. The van der Waals surface area contributed by atoms with Gasteiger partial charge in [-0.2, -0.15) is 0 Å². The molecule has 0 saturated heterocycles. The van der Waals surface area contributed by atoms with E-state index in [2.05, 4.69) is 10.3 Å². The largest absolute Gasteiger partial charge is 0.392 e. The van der Waals surface area contributed by atoms with Gasteiger partial charge in [-0.1, -0.05) is 11.6 Å². The maximum Gasteiger partial charge on any atom is 0.144 e. The number of hydrogen-bond acceptors (Lipinski definition) is 4. The van der Waals surface area contributed by atoms with Crippen LogP contribution in [0.2, 0.25) is 5.02 Å². The molecule has 1 heterocycles. The summed E-state index contributed by atoms with van der Waals surface area (Å²) in [6.07, 6.45) is 1.82. The highest BCUT2D eigenvalue weighted by molar-refractivity contribution is 6.32. The SMILES string of the molecule is CC(C)OCCNc1ncc(CO)cc1Cl. The van der Waals surface area contributed by atoms with Crippen molar-refractivity contribution in [2.24, 2.45) is 0 Å². The zero-order valence-corrected chi connectivity index (χ0v) is 10.3. The first kappa shape index (κ1) is 13.2. The molecule has 2 N–H and O–H groups in total. The molecular formula is C11H17ClN2O2. The third-order valence-electron chi connectivity index (χ3n) is 1.93. The fraction of sp³-hybridized carbons (Fsp3) is 0.545. The molecule has 1 rings (SSSR count). The van der Waals surface area contributed by atoms with Crippen molar-refractivity contribution in [2.45, 2.75) is 26.6 Å². The van der Waals surface area contributed by atoms with Crippen molar-refractivity contribution in [2.75, 3.05) is 18.5 Å². The quantitative estimate of drug-likeness (QED) is 0.753. The van der Waals surface area contributed by atoms with Gasteiger partial charge in [0.25, 0.3) is 0 Å². The van der Waals surface area contributed by atoms with E-state index in [1.165, 1.54) is 0 Å². The Morgan fingerprint density at radius 2 is 2.31 bits per heavy atom. The lowest BCUT2D eigenvalue weighted by Crippen LogP contribution is -2.14. The lowest BCUT2D eigenvalue weighted by Gasteiger charge is -2.10. The minimum atomic E-state index is -0.0521. The van der Waals surface area contributed by atoms with Crippen molar-refractivity contribution in [1.29, 1.82) is 0 Å². The minimum Gasteiger partial charge on any atom is -0.392 e. The van der Waals surface area contributed by atoms with Crippen molar-refractivity contribution in [3.63, 3.8) is 0 Å². The lowest BCUT2D eigenvalue weighted by atomic mass is 10.3. The molecule has 0 fully saturated rings. The molecule has 0 atom stereocenters. The van der Waals surface area contributed by atoms with Crippen LogP contribution in [0.4, 0.5) is 5.82 Å². The molecule has 0 saturated carbocycles. The summed E-state index contributed by atoms with van der Waals surface area (Å²) < 4.78 is 5.37. The third kappa shape index (κ3) is 4.35. The van der Waals surface area contributed by atoms with E-state index in [9.17, 15) is 0 Å². The fourth-order valence-electron chi connectivity index (χ4n) is 1.16. The number of anilines is 1. The van der Waals surface area contributed by atoms with E-state index in [0.29, 0.717) is 29.6 Å². The van der Waals surface area contributed by atoms with E-state index in [1.807, 2.05) is 13.8 Å². The van der Waals surface area contributed by atoms with Crippen LogP contribution in [0.25, 0.3) is 0 Å². The minimum absolute atomic E-state index is 0.0521. The van der Waals surface area contributed by atoms with E-state index in [0.717, 1.165) is 0 Å². The number of nitrogens with zero attached hydrogens (tertiary/aromatic N) is 1. The first-order valence-electron chi connectivity index (χ1n) is 5.24. The van der Waals surface area contributed by atoms with Gasteiger partial charge in [-0.15, -0.1) is 0 Å². The molecule has 90 valence electrons. The van der Waals surface area contributed by atoms with Gasteiger partial charge in [0.05, 0.1) is 24.3 Å². The second-order valence-electron chi connectivity index (χ2n) is 3.68. The highest BCUT2D eigenvalue weighted by Gasteiger charge is 2.02. The number of aliphatic hydroxyl groups excluding tert-OH is 1. The van der Waals surface area contributed by atoms with Crippen LogP contribution in [0.15, 0.2) is 12.3 Å². The summed E-state index contributed by atoms with van der Waals surface area (Å²) in [4.78, 5) is 4.11. The number of hydrogen-bond donors (Lipinski definition) is 2. The van der Waals surface area contributed by atoms with Crippen molar-refractivity contribution in [1.82, 2.24) is 4.98 Å². The Balaban J connectivity index is 2.42. The molecule has 0 aliphatic rings. The Hall–Kier alpha value is -0.840. The van der Waals surface area contributed by atoms with Crippen LogP contribution in [0.1, 0.15) is 19.4 Å². The number of pyridine rings is 1. The molecule has 0 radical (unpaired) electrons. The van der Waals surface area contributed by atoms with Crippen LogP contribution < -0.4 is 5.32 Å². The van der Waals surface area contributed by atoms with Gasteiger partial charge >= 0.3 is 0 Å². The predicted molar refractivity (Wildman–Crippen MR) is 64.7 cm³/mol. The topological polar surface area (TPSA) is 54.4 Å². The molecular weight excluding hydrogens is 228 g/mol. The maximum absolute atomic E-state index is 8.89. The molecule has 1 aromatic rings. The second kappa shape index (κ2) is 6.68. The Labute approximate surface area is 101 Å². The number of rotatable bonds is 6. The molecule has 0 aliphatic heterocycles. The standard InChI is InChI=1S/C11H17ClN2O2/c1-8(2)16-4-3-13-11-10(12)5-9(7-15)6-14-11/h5-6,8,15H,3-4,7H2,1-2H3,(H,13,14). The molecule has 0 aromatic carbocycles. The Morgan fingerprint density at radius 1 is 1.56 bits per heavy atom. The summed E-state index contributed by atoms with van der Waals surface area (Å²) in [5.41, 5.74) is 0.703. The smallest absolute Gasteiger partial charge is 0.144 e. The zero-order chi connectivity index (χ0) is 12.0. The highest BCUT2D eigenvalue weighted by Crippen LogP contribution is 2.19. The van der Waals surface area contributed by atoms with Crippen LogP contribution in [0.5, 0.6) is 0 Å². The van der Waals surface area contributed by atoms with E-state index in [4.69, 9.17) is 21.4 Å². The van der Waals surface area contributed by atoms with Gasteiger partial charge in [0, 0.05) is 12.7 Å². The van der Waals surface area contributed by atoms with Crippen molar-refractivity contribution >= 4 is 17.4 Å². The van der Waals surface area contributed by atoms with Crippen molar-refractivity contribution in [3.8, 4) is 0 Å². The monoisotopic (exact) mass is 244 g/mol. The Bertz CT molecular complexity index is 332. The third-order valence-corrected chi connectivity index (χ3v) is 2.21. The molecule has 5 heteroatoms. The summed E-state index contributed by atoms with van der Waals surface area (Å²) >= 11 is 5.97. The summed E-state index contributed by atoms with van der Waals surface area (Å²) in [5.74, 6) is 0.617. The van der Waals surface area contributed by atoms with Crippen LogP contribution in [0.3, 0.4) is 0 Å². The van der Waals surface area contributed by atoms with Gasteiger partial charge in [0.1, 0.15) is 5.82 Å².